The molecule has 0 aliphatic rings. The van der Waals surface area contributed by atoms with Crippen LogP contribution in [-0.4, -0.2) is 30.7 Å². The van der Waals surface area contributed by atoms with Gasteiger partial charge >= 0.3 is 5.97 Å². The molecule has 0 fully saturated rings. The number of aromatic nitrogens is 4. The van der Waals surface area contributed by atoms with Crippen molar-refractivity contribution in [3.63, 3.8) is 0 Å². The maximum atomic E-state index is 11.1. The van der Waals surface area contributed by atoms with Crippen LogP contribution >= 0.6 is 0 Å². The second-order valence-electron chi connectivity index (χ2n) is 4.06. The van der Waals surface area contributed by atoms with Crippen LogP contribution in [0.1, 0.15) is 16.3 Å². The molecule has 94 valence electrons. The molecule has 6 heteroatoms. The Morgan fingerprint density at radius 3 is 2.63 bits per heavy atom. The van der Waals surface area contributed by atoms with Crippen LogP contribution < -0.4 is 0 Å². The minimum atomic E-state index is -1.05. The van der Waals surface area contributed by atoms with Gasteiger partial charge in [0.15, 0.2) is 5.69 Å². The molecule has 0 aromatic carbocycles. The van der Waals surface area contributed by atoms with Crippen LogP contribution in [0.2, 0.25) is 0 Å². The van der Waals surface area contributed by atoms with Crippen LogP contribution in [0.15, 0.2) is 36.7 Å². The Hall–Kier alpha value is -2.76. The molecule has 6 nitrogen and oxygen atoms in total. The van der Waals surface area contributed by atoms with Crippen LogP contribution in [0.4, 0.5) is 0 Å². The largest absolute Gasteiger partial charge is 0.476 e. The topological polar surface area (TPSA) is 80.4 Å². The Labute approximate surface area is 108 Å². The van der Waals surface area contributed by atoms with Crippen molar-refractivity contribution in [3.8, 4) is 11.3 Å². The summed E-state index contributed by atoms with van der Waals surface area (Å²) < 4.78 is 1.54. The van der Waals surface area contributed by atoms with Crippen molar-refractivity contribution in [3.05, 3.63) is 48.2 Å². The number of carboxylic acid groups (broad SMARTS) is 1. The van der Waals surface area contributed by atoms with Crippen LogP contribution in [0.25, 0.3) is 16.8 Å². The van der Waals surface area contributed by atoms with Gasteiger partial charge in [0.05, 0.1) is 11.2 Å². The molecule has 3 aromatic heterocycles. The molecule has 3 heterocycles. The third-order valence-corrected chi connectivity index (χ3v) is 2.84. The normalized spacial score (nSPS) is 10.8. The van der Waals surface area contributed by atoms with E-state index in [2.05, 4.69) is 15.1 Å². The average Bonchev–Trinajstić information content (AvgIpc) is 2.77. The van der Waals surface area contributed by atoms with Gasteiger partial charge in [0.25, 0.3) is 0 Å². The van der Waals surface area contributed by atoms with Crippen LogP contribution in [0, 0.1) is 6.92 Å². The Morgan fingerprint density at radius 2 is 1.95 bits per heavy atom. The smallest absolute Gasteiger partial charge is 0.356 e. The average molecular weight is 254 g/mol. The summed E-state index contributed by atoms with van der Waals surface area (Å²) in [5.74, 6) is -0.507. The first-order chi connectivity index (χ1) is 9.16. The zero-order chi connectivity index (χ0) is 13.4. The van der Waals surface area contributed by atoms with Crippen molar-refractivity contribution >= 4 is 11.5 Å². The van der Waals surface area contributed by atoms with Gasteiger partial charge in [-0.05, 0) is 31.2 Å². The molecule has 3 rings (SSSR count). The Balaban J connectivity index is 2.22. The van der Waals surface area contributed by atoms with E-state index in [1.807, 2.05) is 12.1 Å². The summed E-state index contributed by atoms with van der Waals surface area (Å²) in [6.45, 7) is 1.72. The summed E-state index contributed by atoms with van der Waals surface area (Å²) in [7, 11) is 0. The predicted octanol–water partition coefficient (Wildman–Crippen LogP) is 1.80. The number of carboxylic acids is 1. The lowest BCUT2D eigenvalue weighted by atomic mass is 10.2. The summed E-state index contributed by atoms with van der Waals surface area (Å²) in [5, 5.41) is 13.5. The number of aromatic carboxylic acids is 1. The van der Waals surface area contributed by atoms with Gasteiger partial charge in [0.2, 0.25) is 0 Å². The number of nitrogens with zero attached hydrogens (tertiary/aromatic N) is 4. The molecule has 19 heavy (non-hydrogen) atoms. The van der Waals surface area contributed by atoms with Crippen LogP contribution in [-0.2, 0) is 0 Å². The molecule has 0 radical (unpaired) electrons. The molecular weight excluding hydrogens is 244 g/mol. The summed E-state index contributed by atoms with van der Waals surface area (Å²) in [4.78, 5) is 19.0. The highest BCUT2D eigenvalue weighted by Crippen LogP contribution is 2.18. The molecule has 0 atom stereocenters. The van der Waals surface area contributed by atoms with Gasteiger partial charge in [-0.3, -0.25) is 4.98 Å². The van der Waals surface area contributed by atoms with E-state index in [9.17, 15) is 4.79 Å². The monoisotopic (exact) mass is 254 g/mol. The van der Waals surface area contributed by atoms with Gasteiger partial charge in [-0.1, -0.05) is 0 Å². The van der Waals surface area contributed by atoms with E-state index in [0.29, 0.717) is 11.3 Å². The van der Waals surface area contributed by atoms with Crippen LogP contribution in [0.5, 0.6) is 0 Å². The summed E-state index contributed by atoms with van der Waals surface area (Å²) in [6.07, 6.45) is 3.37. The molecule has 0 bridgehead atoms. The molecule has 0 saturated heterocycles. The summed E-state index contributed by atoms with van der Waals surface area (Å²) in [5.41, 5.74) is 2.17. The van der Waals surface area contributed by atoms with Crippen molar-refractivity contribution in [2.24, 2.45) is 0 Å². The lowest BCUT2D eigenvalue weighted by Gasteiger charge is -2.02. The van der Waals surface area contributed by atoms with Crippen molar-refractivity contribution < 1.29 is 9.90 Å². The van der Waals surface area contributed by atoms with Gasteiger partial charge in [-0.2, -0.15) is 5.10 Å². The second-order valence-corrected chi connectivity index (χ2v) is 4.06. The standard InChI is InChI=1S/C13H10N4O2/c1-8-15-12(13(18)19)11-3-2-10(16-17(8)11)9-4-6-14-7-5-9/h2-7H,1H3,(H,18,19). The van der Waals surface area contributed by atoms with Gasteiger partial charge in [-0.25, -0.2) is 14.3 Å². The predicted molar refractivity (Wildman–Crippen MR) is 67.9 cm³/mol. The van der Waals surface area contributed by atoms with E-state index in [0.717, 1.165) is 11.3 Å². The molecule has 0 amide bonds. The van der Waals surface area contributed by atoms with Gasteiger partial charge < -0.3 is 5.11 Å². The number of imidazole rings is 1. The Kier molecular flexibility index (Phi) is 2.49. The molecule has 3 aromatic rings. The molecule has 0 aliphatic heterocycles. The molecular formula is C13H10N4O2. The quantitative estimate of drug-likeness (QED) is 0.754. The minimum absolute atomic E-state index is 0.0197. The zero-order valence-corrected chi connectivity index (χ0v) is 10.1. The number of carbonyl (C=O) groups is 1. The SMILES string of the molecule is Cc1nc(C(=O)O)c2ccc(-c3ccncc3)nn12. The van der Waals surface area contributed by atoms with Crippen LogP contribution in [0.3, 0.4) is 0 Å². The minimum Gasteiger partial charge on any atom is -0.476 e. The van der Waals surface area contributed by atoms with E-state index in [4.69, 9.17) is 5.11 Å². The fourth-order valence-electron chi connectivity index (χ4n) is 1.95. The molecule has 0 aliphatic carbocycles. The fourth-order valence-corrected chi connectivity index (χ4v) is 1.95. The lowest BCUT2D eigenvalue weighted by molar-refractivity contribution is 0.0693. The highest BCUT2D eigenvalue weighted by atomic mass is 16.4. The number of fused-ring (bicyclic) bond motifs is 1. The van der Waals surface area contributed by atoms with E-state index in [1.54, 1.807) is 36.0 Å². The first kappa shape index (κ1) is 11.3. The zero-order valence-electron chi connectivity index (χ0n) is 10.1. The van der Waals surface area contributed by atoms with Crippen molar-refractivity contribution in [2.75, 3.05) is 0 Å². The maximum Gasteiger partial charge on any atom is 0.356 e. The number of pyridine rings is 1. The molecule has 0 saturated carbocycles. The Bertz CT molecular complexity index is 765. The third kappa shape index (κ3) is 1.83. The van der Waals surface area contributed by atoms with E-state index in [1.165, 1.54) is 0 Å². The molecule has 0 unspecified atom stereocenters. The number of aryl methyl sites for hydroxylation is 1. The fraction of sp³-hybridized carbons (Fsp3) is 0.0769. The van der Waals surface area contributed by atoms with Crippen molar-refractivity contribution in [1.82, 2.24) is 19.6 Å². The second kappa shape index (κ2) is 4.16. The van der Waals surface area contributed by atoms with Gasteiger partial charge in [0, 0.05) is 18.0 Å². The van der Waals surface area contributed by atoms with Crippen molar-refractivity contribution in [1.29, 1.82) is 0 Å². The number of hydrogen-bond donors (Lipinski definition) is 1. The van der Waals surface area contributed by atoms with E-state index >= 15 is 0 Å². The summed E-state index contributed by atoms with van der Waals surface area (Å²) >= 11 is 0. The third-order valence-electron chi connectivity index (χ3n) is 2.84. The highest BCUT2D eigenvalue weighted by molar-refractivity contribution is 5.93. The number of hydrogen-bond acceptors (Lipinski definition) is 4. The first-order valence-corrected chi connectivity index (χ1v) is 5.67. The first-order valence-electron chi connectivity index (χ1n) is 5.67. The maximum absolute atomic E-state index is 11.1. The molecule has 1 N–H and O–H groups in total. The number of rotatable bonds is 2. The van der Waals surface area contributed by atoms with Gasteiger partial charge in [0.1, 0.15) is 5.82 Å². The highest BCUT2D eigenvalue weighted by Gasteiger charge is 2.15. The summed E-state index contributed by atoms with van der Waals surface area (Å²) in [6, 6.07) is 7.18. The van der Waals surface area contributed by atoms with Crippen molar-refractivity contribution in [2.45, 2.75) is 6.92 Å². The molecule has 0 spiro atoms. The van der Waals surface area contributed by atoms with Gasteiger partial charge in [-0.15, -0.1) is 0 Å². The lowest BCUT2D eigenvalue weighted by Crippen LogP contribution is -1.99. The van der Waals surface area contributed by atoms with E-state index < -0.39 is 5.97 Å². The van der Waals surface area contributed by atoms with E-state index in [-0.39, 0.29) is 5.69 Å². The Morgan fingerprint density at radius 1 is 1.21 bits per heavy atom.